The highest BCUT2D eigenvalue weighted by molar-refractivity contribution is 5.98. The Morgan fingerprint density at radius 1 is 1.03 bits per heavy atom. The van der Waals surface area contributed by atoms with E-state index in [0.717, 1.165) is 33.5 Å². The zero-order chi connectivity index (χ0) is 21.7. The van der Waals surface area contributed by atoms with Crippen molar-refractivity contribution in [3.63, 3.8) is 0 Å². The van der Waals surface area contributed by atoms with Gasteiger partial charge in [-0.1, -0.05) is 43.3 Å². The van der Waals surface area contributed by atoms with Crippen LogP contribution >= 0.6 is 0 Å². The minimum Gasteiger partial charge on any atom is -0.383 e. The Morgan fingerprint density at radius 3 is 2.37 bits per heavy atom. The molecule has 0 saturated heterocycles. The number of rotatable bonds is 7. The minimum absolute atomic E-state index is 0.0782. The first kappa shape index (κ1) is 21.2. The first-order chi connectivity index (χ1) is 14.4. The Hall–Kier alpha value is -3.47. The Kier molecular flexibility index (Phi) is 6.62. The van der Waals surface area contributed by atoms with Crippen molar-refractivity contribution in [3.05, 3.63) is 77.5 Å². The van der Waals surface area contributed by atoms with Crippen molar-refractivity contribution in [3.8, 4) is 11.1 Å². The van der Waals surface area contributed by atoms with E-state index in [2.05, 4.69) is 4.98 Å². The van der Waals surface area contributed by atoms with E-state index in [4.69, 9.17) is 5.73 Å². The van der Waals surface area contributed by atoms with Gasteiger partial charge < -0.3 is 10.6 Å². The number of nitrogens with two attached hydrogens (primary N) is 1. The number of Topliss-reactive ketones (excluding diaryl/α,β-unsaturated/α-hetero) is 1. The molecule has 0 aliphatic carbocycles. The fraction of sp³-hybridized carbons (Fsp3) is 0.240. The summed E-state index contributed by atoms with van der Waals surface area (Å²) in [5, 5.41) is 0. The summed E-state index contributed by atoms with van der Waals surface area (Å²) in [6.07, 6.45) is 3.09. The van der Waals surface area contributed by atoms with Gasteiger partial charge in [-0.15, -0.1) is 0 Å². The first-order valence-corrected chi connectivity index (χ1v) is 10.1. The summed E-state index contributed by atoms with van der Waals surface area (Å²) in [6.45, 7) is 3.81. The molecule has 0 atom stereocenters. The van der Waals surface area contributed by atoms with Crippen molar-refractivity contribution in [2.75, 3.05) is 17.7 Å². The van der Waals surface area contributed by atoms with Crippen LogP contribution in [0.2, 0.25) is 0 Å². The van der Waals surface area contributed by atoms with E-state index in [1.54, 1.807) is 18.1 Å². The van der Waals surface area contributed by atoms with E-state index in [-0.39, 0.29) is 11.7 Å². The number of carbonyl (C=O) groups is 2. The van der Waals surface area contributed by atoms with Gasteiger partial charge in [0.05, 0.1) is 0 Å². The summed E-state index contributed by atoms with van der Waals surface area (Å²) in [4.78, 5) is 30.3. The van der Waals surface area contributed by atoms with Gasteiger partial charge in [-0.2, -0.15) is 0 Å². The maximum atomic E-state index is 12.7. The van der Waals surface area contributed by atoms with Crippen molar-refractivity contribution in [1.82, 2.24) is 4.98 Å². The summed E-state index contributed by atoms with van der Waals surface area (Å²) < 4.78 is 0. The molecule has 0 fully saturated rings. The predicted molar refractivity (Wildman–Crippen MR) is 122 cm³/mol. The number of nitrogen functional groups attached to an aromatic ring is 1. The molecule has 1 amide bonds. The van der Waals surface area contributed by atoms with Crippen molar-refractivity contribution in [2.24, 2.45) is 0 Å². The van der Waals surface area contributed by atoms with Crippen LogP contribution in [0.25, 0.3) is 11.1 Å². The highest BCUT2D eigenvalue weighted by Gasteiger charge is 2.12. The van der Waals surface area contributed by atoms with E-state index >= 15 is 0 Å². The largest absolute Gasteiger partial charge is 0.383 e. The summed E-state index contributed by atoms with van der Waals surface area (Å²) in [7, 11) is 1.78. The first-order valence-electron chi connectivity index (χ1n) is 10.1. The molecular formula is C25H27N3O2. The molecule has 2 N–H and O–H groups in total. The van der Waals surface area contributed by atoms with E-state index in [1.807, 2.05) is 68.4 Å². The highest BCUT2D eigenvalue weighted by atomic mass is 16.2. The maximum Gasteiger partial charge on any atom is 0.226 e. The quantitative estimate of drug-likeness (QED) is 0.576. The van der Waals surface area contributed by atoms with Gasteiger partial charge in [-0.3, -0.25) is 9.59 Å². The molecular weight excluding hydrogens is 374 g/mol. The van der Waals surface area contributed by atoms with Gasteiger partial charge in [0.1, 0.15) is 5.82 Å². The Balaban J connectivity index is 1.72. The number of benzene rings is 2. The van der Waals surface area contributed by atoms with Gasteiger partial charge in [0, 0.05) is 37.3 Å². The lowest BCUT2D eigenvalue weighted by atomic mass is 9.95. The molecule has 0 saturated carbocycles. The molecule has 1 heterocycles. The summed E-state index contributed by atoms with van der Waals surface area (Å²) in [5.41, 5.74) is 11.4. The van der Waals surface area contributed by atoms with Gasteiger partial charge in [-0.25, -0.2) is 4.98 Å². The third-order valence-electron chi connectivity index (χ3n) is 5.34. The Labute approximate surface area is 177 Å². The topological polar surface area (TPSA) is 76.3 Å². The van der Waals surface area contributed by atoms with Gasteiger partial charge in [0.25, 0.3) is 0 Å². The van der Waals surface area contributed by atoms with Crippen LogP contribution in [0.1, 0.15) is 41.3 Å². The fourth-order valence-corrected chi connectivity index (χ4v) is 3.46. The number of anilines is 2. The zero-order valence-electron chi connectivity index (χ0n) is 17.7. The third kappa shape index (κ3) is 4.74. The molecule has 0 unspecified atom stereocenters. The van der Waals surface area contributed by atoms with Crippen molar-refractivity contribution in [2.45, 2.75) is 33.1 Å². The predicted octanol–water partition coefficient (Wildman–Crippen LogP) is 4.83. The summed E-state index contributed by atoms with van der Waals surface area (Å²) in [5.74, 6) is 0.652. The molecule has 30 heavy (non-hydrogen) atoms. The third-order valence-corrected chi connectivity index (χ3v) is 5.34. The lowest BCUT2D eigenvalue weighted by Gasteiger charge is -2.17. The van der Waals surface area contributed by atoms with Crippen LogP contribution < -0.4 is 10.6 Å². The van der Waals surface area contributed by atoms with Crippen molar-refractivity contribution >= 4 is 23.2 Å². The second-order valence-corrected chi connectivity index (χ2v) is 7.35. The molecule has 3 aromatic rings. The monoisotopic (exact) mass is 401 g/mol. The number of hydrogen-bond donors (Lipinski definition) is 1. The normalized spacial score (nSPS) is 10.6. The number of aromatic nitrogens is 1. The molecule has 3 rings (SSSR count). The average molecular weight is 402 g/mol. The lowest BCUT2D eigenvalue weighted by molar-refractivity contribution is -0.118. The molecule has 0 radical (unpaired) electrons. The van der Waals surface area contributed by atoms with E-state index < -0.39 is 0 Å². The number of ketones is 1. The van der Waals surface area contributed by atoms with E-state index in [1.165, 1.54) is 0 Å². The van der Waals surface area contributed by atoms with Crippen molar-refractivity contribution < 1.29 is 9.59 Å². The Morgan fingerprint density at radius 2 is 1.73 bits per heavy atom. The number of amides is 1. The molecule has 0 aliphatic rings. The molecule has 0 aliphatic heterocycles. The van der Waals surface area contributed by atoms with Gasteiger partial charge >= 0.3 is 0 Å². The molecule has 0 spiro atoms. The number of carbonyl (C=O) groups excluding carboxylic acids is 2. The van der Waals surface area contributed by atoms with Gasteiger partial charge in [-0.05, 0) is 53.8 Å². The number of hydrogen-bond acceptors (Lipinski definition) is 4. The zero-order valence-corrected chi connectivity index (χ0v) is 17.7. The minimum atomic E-state index is 0.0782. The molecule has 5 nitrogen and oxygen atoms in total. The van der Waals surface area contributed by atoms with Crippen LogP contribution in [-0.4, -0.2) is 23.7 Å². The van der Waals surface area contributed by atoms with Crippen LogP contribution in [0, 0.1) is 6.92 Å². The molecule has 1 aromatic heterocycles. The fourth-order valence-electron chi connectivity index (χ4n) is 3.46. The number of aryl methyl sites for hydroxylation is 2. The van der Waals surface area contributed by atoms with Gasteiger partial charge in [0.2, 0.25) is 5.91 Å². The second kappa shape index (κ2) is 9.35. The van der Waals surface area contributed by atoms with Crippen LogP contribution in [0.4, 0.5) is 11.5 Å². The van der Waals surface area contributed by atoms with E-state index in [0.29, 0.717) is 25.1 Å². The van der Waals surface area contributed by atoms with Crippen LogP contribution in [0.5, 0.6) is 0 Å². The van der Waals surface area contributed by atoms with Crippen LogP contribution in [0.15, 0.2) is 60.8 Å². The smallest absolute Gasteiger partial charge is 0.226 e. The summed E-state index contributed by atoms with van der Waals surface area (Å²) in [6, 6.07) is 17.5. The molecule has 5 heteroatoms. The maximum absolute atomic E-state index is 12.7. The lowest BCUT2D eigenvalue weighted by Crippen LogP contribution is -2.24. The molecule has 0 bridgehead atoms. The average Bonchev–Trinajstić information content (AvgIpc) is 2.77. The van der Waals surface area contributed by atoms with Crippen LogP contribution in [-0.2, 0) is 11.2 Å². The number of nitrogens with zero attached hydrogens (tertiary/aromatic N) is 2. The molecule has 2 aromatic carbocycles. The standard InChI is InChI=1S/C25H27N3O2/c1-4-24(30)28(3)21-11-7-18(8-12-21)20-9-13-22(17(2)16-20)23(29)14-10-19-6-5-15-27-25(19)26/h5-9,11-13,15-16H,4,10,14H2,1-3H3,(H2,26,27). The SMILES string of the molecule is CCC(=O)N(C)c1ccc(-c2ccc(C(=O)CCc3cccnc3N)c(C)c2)cc1. The van der Waals surface area contributed by atoms with Crippen LogP contribution in [0.3, 0.4) is 0 Å². The van der Waals surface area contributed by atoms with Gasteiger partial charge in [0.15, 0.2) is 5.78 Å². The highest BCUT2D eigenvalue weighted by Crippen LogP contribution is 2.26. The Bertz CT molecular complexity index is 1060. The van der Waals surface area contributed by atoms with E-state index in [9.17, 15) is 9.59 Å². The summed E-state index contributed by atoms with van der Waals surface area (Å²) >= 11 is 0. The second-order valence-electron chi connectivity index (χ2n) is 7.35. The number of pyridine rings is 1. The molecule has 154 valence electrons. The van der Waals surface area contributed by atoms with Crippen molar-refractivity contribution in [1.29, 1.82) is 0 Å².